The van der Waals surface area contributed by atoms with E-state index < -0.39 is 5.60 Å². The van der Waals surface area contributed by atoms with Gasteiger partial charge in [0.15, 0.2) is 6.61 Å². The number of halogens is 1. The molecule has 0 saturated carbocycles. The number of hydrogen-bond donors (Lipinski definition) is 0. The quantitative estimate of drug-likeness (QED) is 0.669. The first-order valence-electron chi connectivity index (χ1n) is 8.79. The van der Waals surface area contributed by atoms with Gasteiger partial charge in [0.1, 0.15) is 16.9 Å². The average molecular weight is 393 g/mol. The summed E-state index contributed by atoms with van der Waals surface area (Å²) >= 11 is 6.16. The summed E-state index contributed by atoms with van der Waals surface area (Å²) in [6.45, 7) is 5.81. The lowest BCUT2D eigenvalue weighted by atomic mass is 10.2. The fourth-order valence-electron chi connectivity index (χ4n) is 2.46. The van der Waals surface area contributed by atoms with Crippen LogP contribution in [0.15, 0.2) is 30.5 Å². The lowest BCUT2D eigenvalue weighted by Crippen LogP contribution is -2.32. The van der Waals surface area contributed by atoms with Crippen molar-refractivity contribution < 1.29 is 19.1 Å². The molecule has 2 rings (SSSR count). The van der Waals surface area contributed by atoms with Gasteiger partial charge in [0.2, 0.25) is 0 Å². The van der Waals surface area contributed by atoms with Crippen LogP contribution in [0.25, 0.3) is 10.9 Å². The fraction of sp³-hybridized carbons (Fsp3) is 0.450. The third-order valence-corrected chi connectivity index (χ3v) is 4.08. The Balaban J connectivity index is 1.84. The summed E-state index contributed by atoms with van der Waals surface area (Å²) in [6, 6.07) is 7.06. The van der Waals surface area contributed by atoms with E-state index in [9.17, 15) is 9.59 Å². The highest BCUT2D eigenvalue weighted by Gasteiger charge is 2.17. The third-order valence-electron chi connectivity index (χ3n) is 3.75. The zero-order valence-corrected chi connectivity index (χ0v) is 16.9. The molecule has 0 fully saturated rings. The van der Waals surface area contributed by atoms with Gasteiger partial charge in [-0.3, -0.25) is 14.6 Å². The van der Waals surface area contributed by atoms with Gasteiger partial charge in [-0.15, -0.1) is 0 Å². The molecule has 0 radical (unpaired) electrons. The molecule has 1 amide bonds. The van der Waals surface area contributed by atoms with Crippen LogP contribution in [0.2, 0.25) is 5.02 Å². The van der Waals surface area contributed by atoms with Crippen molar-refractivity contribution in [3.05, 3.63) is 35.5 Å². The molecule has 27 heavy (non-hydrogen) atoms. The van der Waals surface area contributed by atoms with Crippen molar-refractivity contribution in [1.29, 1.82) is 0 Å². The summed E-state index contributed by atoms with van der Waals surface area (Å²) in [5.74, 6) is 0.0574. The molecule has 0 atom stereocenters. The van der Waals surface area contributed by atoms with Gasteiger partial charge in [0.25, 0.3) is 5.91 Å². The molecule has 0 saturated heterocycles. The standard InChI is InChI=1S/C20H25ClN2O4/c1-20(2,3)27-18(25)8-6-12-23(4)17(24)13-26-16-10-9-15(21)14-7-5-11-22-19(14)16/h5,7,9-11H,6,8,12-13H2,1-4H3. The Kier molecular flexibility index (Phi) is 7.02. The number of nitrogens with zero attached hydrogens (tertiary/aromatic N) is 2. The van der Waals surface area contributed by atoms with Crippen molar-refractivity contribution in [3.8, 4) is 5.75 Å². The monoisotopic (exact) mass is 392 g/mol. The topological polar surface area (TPSA) is 68.7 Å². The maximum absolute atomic E-state index is 12.3. The summed E-state index contributed by atoms with van der Waals surface area (Å²) in [6.07, 6.45) is 2.44. The normalized spacial score (nSPS) is 11.3. The zero-order chi connectivity index (χ0) is 20.0. The number of carbonyl (C=O) groups is 2. The fourth-order valence-corrected chi connectivity index (χ4v) is 2.67. The minimum Gasteiger partial charge on any atom is -0.481 e. The van der Waals surface area contributed by atoms with Crippen LogP contribution >= 0.6 is 11.6 Å². The molecule has 7 heteroatoms. The summed E-state index contributed by atoms with van der Waals surface area (Å²) in [5, 5.41) is 1.35. The van der Waals surface area contributed by atoms with Gasteiger partial charge in [-0.1, -0.05) is 11.6 Å². The van der Waals surface area contributed by atoms with E-state index in [2.05, 4.69) is 4.98 Å². The molecule has 146 valence electrons. The number of rotatable bonds is 7. The molecule has 0 bridgehead atoms. The molecular weight excluding hydrogens is 368 g/mol. The predicted octanol–water partition coefficient (Wildman–Crippen LogP) is 3.85. The first kappa shape index (κ1) is 21.0. The van der Waals surface area contributed by atoms with Crippen molar-refractivity contribution in [1.82, 2.24) is 9.88 Å². The molecule has 1 aromatic carbocycles. The highest BCUT2D eigenvalue weighted by molar-refractivity contribution is 6.35. The molecule has 6 nitrogen and oxygen atoms in total. The second kappa shape index (κ2) is 9.04. The van der Waals surface area contributed by atoms with Gasteiger partial charge in [0, 0.05) is 31.6 Å². The Morgan fingerprint density at radius 1 is 1.22 bits per heavy atom. The van der Waals surface area contributed by atoms with Gasteiger partial charge in [0.05, 0.1) is 5.02 Å². The van der Waals surface area contributed by atoms with Crippen LogP contribution in [0.4, 0.5) is 0 Å². The van der Waals surface area contributed by atoms with E-state index in [1.165, 1.54) is 4.90 Å². The smallest absolute Gasteiger partial charge is 0.306 e. The summed E-state index contributed by atoms with van der Waals surface area (Å²) < 4.78 is 10.9. The van der Waals surface area contributed by atoms with Gasteiger partial charge in [-0.25, -0.2) is 0 Å². The number of carbonyl (C=O) groups excluding carboxylic acids is 2. The maximum Gasteiger partial charge on any atom is 0.306 e. The van der Waals surface area contributed by atoms with E-state index in [4.69, 9.17) is 21.1 Å². The molecular formula is C20H25ClN2O4. The van der Waals surface area contributed by atoms with Crippen LogP contribution in [-0.4, -0.2) is 47.6 Å². The maximum atomic E-state index is 12.3. The van der Waals surface area contributed by atoms with Crippen molar-refractivity contribution in [2.45, 2.75) is 39.2 Å². The second-order valence-corrected chi connectivity index (χ2v) is 7.65. The highest BCUT2D eigenvalue weighted by atomic mass is 35.5. The Hall–Kier alpha value is -2.34. The number of likely N-dealkylation sites (N-methyl/N-ethyl adjacent to an activating group) is 1. The van der Waals surface area contributed by atoms with Crippen LogP contribution < -0.4 is 4.74 Å². The summed E-state index contributed by atoms with van der Waals surface area (Å²) in [5.41, 5.74) is 0.118. The average Bonchev–Trinajstić information content (AvgIpc) is 2.59. The lowest BCUT2D eigenvalue weighted by Gasteiger charge is -2.20. The van der Waals surface area contributed by atoms with Gasteiger partial charge in [-0.2, -0.15) is 0 Å². The van der Waals surface area contributed by atoms with Crippen molar-refractivity contribution in [3.63, 3.8) is 0 Å². The third kappa shape index (κ3) is 6.40. The van der Waals surface area contributed by atoms with Crippen LogP contribution in [0.3, 0.4) is 0 Å². The van der Waals surface area contributed by atoms with Gasteiger partial charge >= 0.3 is 5.97 Å². The van der Waals surface area contributed by atoms with Crippen LogP contribution in [0.1, 0.15) is 33.6 Å². The van der Waals surface area contributed by atoms with Crippen molar-refractivity contribution >= 4 is 34.4 Å². The number of benzene rings is 1. The highest BCUT2D eigenvalue weighted by Crippen LogP contribution is 2.29. The van der Waals surface area contributed by atoms with Crippen LogP contribution in [-0.2, 0) is 14.3 Å². The Morgan fingerprint density at radius 3 is 2.67 bits per heavy atom. The summed E-state index contributed by atoms with van der Waals surface area (Å²) in [4.78, 5) is 29.8. The number of amides is 1. The molecule has 2 aromatic rings. The molecule has 0 aliphatic heterocycles. The van der Waals surface area contributed by atoms with Crippen molar-refractivity contribution in [2.75, 3.05) is 20.2 Å². The number of pyridine rings is 1. The molecule has 1 aromatic heterocycles. The number of ether oxygens (including phenoxy) is 2. The number of fused-ring (bicyclic) bond motifs is 1. The second-order valence-electron chi connectivity index (χ2n) is 7.24. The minimum atomic E-state index is -0.498. The van der Waals surface area contributed by atoms with E-state index >= 15 is 0 Å². The minimum absolute atomic E-state index is 0.115. The molecule has 0 spiro atoms. The van der Waals surface area contributed by atoms with Crippen LogP contribution in [0, 0.1) is 0 Å². The number of hydrogen-bond acceptors (Lipinski definition) is 5. The number of esters is 1. The Bertz CT molecular complexity index is 817. The van der Waals surface area contributed by atoms with Crippen molar-refractivity contribution in [2.24, 2.45) is 0 Å². The first-order valence-corrected chi connectivity index (χ1v) is 9.17. The van der Waals surface area contributed by atoms with Gasteiger partial charge in [-0.05, 0) is 51.5 Å². The largest absolute Gasteiger partial charge is 0.481 e. The SMILES string of the molecule is CN(CCCC(=O)OC(C)(C)C)C(=O)COc1ccc(Cl)c2cccnc12. The van der Waals surface area contributed by atoms with E-state index in [-0.39, 0.29) is 24.9 Å². The van der Waals surface area contributed by atoms with E-state index in [0.717, 1.165) is 5.39 Å². The Morgan fingerprint density at radius 2 is 1.96 bits per heavy atom. The van der Waals surface area contributed by atoms with Gasteiger partial charge < -0.3 is 14.4 Å². The van der Waals surface area contributed by atoms with E-state index in [1.54, 1.807) is 31.4 Å². The summed E-state index contributed by atoms with van der Waals surface area (Å²) in [7, 11) is 1.68. The molecule has 0 aliphatic carbocycles. The Labute approximate surface area is 164 Å². The number of aromatic nitrogens is 1. The van der Waals surface area contributed by atoms with E-state index in [0.29, 0.717) is 29.3 Å². The first-order chi connectivity index (χ1) is 12.7. The molecule has 0 unspecified atom stereocenters. The van der Waals surface area contributed by atoms with E-state index in [1.807, 2.05) is 26.8 Å². The predicted molar refractivity (Wildman–Crippen MR) is 105 cm³/mol. The van der Waals surface area contributed by atoms with Crippen LogP contribution in [0.5, 0.6) is 5.75 Å². The molecule has 0 N–H and O–H groups in total. The lowest BCUT2D eigenvalue weighted by molar-refractivity contribution is -0.155. The zero-order valence-electron chi connectivity index (χ0n) is 16.1. The molecule has 1 heterocycles. The molecule has 0 aliphatic rings.